The van der Waals surface area contributed by atoms with Gasteiger partial charge in [0.1, 0.15) is 5.76 Å². The predicted octanol–water partition coefficient (Wildman–Crippen LogP) is 2.95. The average molecular weight is 294 g/mol. The summed E-state index contributed by atoms with van der Waals surface area (Å²) in [6.07, 6.45) is 1.75. The Morgan fingerprint density at radius 2 is 1.90 bits per heavy atom. The number of carbonyl (C=O) groups excluding carboxylic acids is 1. The van der Waals surface area contributed by atoms with E-state index >= 15 is 0 Å². The van der Waals surface area contributed by atoms with Crippen LogP contribution in [0.25, 0.3) is 0 Å². The zero-order valence-corrected chi connectivity index (χ0v) is 13.3. The normalized spacial score (nSPS) is 21.3. The van der Waals surface area contributed by atoms with Crippen molar-refractivity contribution in [2.75, 3.05) is 6.61 Å². The van der Waals surface area contributed by atoms with Crippen LogP contribution in [0.15, 0.2) is 22.8 Å². The van der Waals surface area contributed by atoms with Crippen LogP contribution >= 0.6 is 0 Å². The highest BCUT2D eigenvalue weighted by Gasteiger charge is 2.55. The summed E-state index contributed by atoms with van der Waals surface area (Å²) in [5.41, 5.74) is -0.895. The summed E-state index contributed by atoms with van der Waals surface area (Å²) in [4.78, 5) is 11.9. The molecule has 1 saturated heterocycles. The van der Waals surface area contributed by atoms with Gasteiger partial charge in [-0.25, -0.2) is 0 Å². The molecule has 0 saturated carbocycles. The molecule has 2 heterocycles. The van der Waals surface area contributed by atoms with Crippen molar-refractivity contribution >= 4 is 13.1 Å². The quantitative estimate of drug-likeness (QED) is 0.617. The number of hydrogen-bond acceptors (Lipinski definition) is 5. The largest absolute Gasteiger partial charge is 0.470 e. The van der Waals surface area contributed by atoms with E-state index < -0.39 is 18.3 Å². The van der Waals surface area contributed by atoms with E-state index in [-0.39, 0.29) is 18.2 Å². The summed E-state index contributed by atoms with van der Waals surface area (Å²) in [6, 6.07) is 3.62. The number of hydrogen-bond donors (Lipinski definition) is 0. The molecule has 0 radical (unpaired) electrons. The summed E-state index contributed by atoms with van der Waals surface area (Å²) < 4.78 is 22.6. The van der Waals surface area contributed by atoms with E-state index in [0.29, 0.717) is 12.4 Å². The molecule has 0 N–H and O–H groups in total. The van der Waals surface area contributed by atoms with Crippen LogP contribution in [0.2, 0.25) is 0 Å². The first-order chi connectivity index (χ1) is 9.77. The molecule has 1 aromatic heterocycles. The fourth-order valence-corrected chi connectivity index (χ4v) is 2.29. The topological polar surface area (TPSA) is 57.9 Å². The van der Waals surface area contributed by atoms with Gasteiger partial charge in [-0.1, -0.05) is 0 Å². The lowest BCUT2D eigenvalue weighted by molar-refractivity contribution is -0.143. The fourth-order valence-electron chi connectivity index (χ4n) is 2.29. The lowest BCUT2D eigenvalue weighted by Crippen LogP contribution is -2.41. The molecule has 1 unspecified atom stereocenters. The Balaban J connectivity index is 2.19. The van der Waals surface area contributed by atoms with Gasteiger partial charge in [-0.05, 0) is 46.8 Å². The van der Waals surface area contributed by atoms with Crippen molar-refractivity contribution in [1.29, 1.82) is 0 Å². The third kappa shape index (κ3) is 3.32. The van der Waals surface area contributed by atoms with Gasteiger partial charge in [-0.2, -0.15) is 0 Å². The minimum absolute atomic E-state index is 0.165. The second-order valence-corrected chi connectivity index (χ2v) is 6.26. The molecular weight excluding hydrogens is 271 g/mol. The fraction of sp³-hybridized carbons (Fsp3) is 0.667. The molecular formula is C15H23BO5. The van der Waals surface area contributed by atoms with E-state index in [2.05, 4.69) is 0 Å². The highest BCUT2D eigenvalue weighted by atomic mass is 16.7. The molecule has 0 amide bonds. The van der Waals surface area contributed by atoms with Gasteiger partial charge in [0.15, 0.2) is 0 Å². The van der Waals surface area contributed by atoms with E-state index in [9.17, 15) is 4.79 Å². The molecule has 6 heteroatoms. The molecule has 1 aliphatic heterocycles. The predicted molar refractivity (Wildman–Crippen MR) is 78.8 cm³/mol. The van der Waals surface area contributed by atoms with E-state index in [1.807, 2.05) is 33.8 Å². The van der Waals surface area contributed by atoms with E-state index in [0.717, 1.165) is 0 Å². The number of carbonyl (C=O) groups is 1. The Morgan fingerprint density at radius 1 is 1.29 bits per heavy atom. The third-order valence-electron chi connectivity index (χ3n) is 4.20. The minimum atomic E-state index is -0.537. The molecule has 1 aromatic rings. The first-order valence-electron chi connectivity index (χ1n) is 7.31. The molecule has 5 nitrogen and oxygen atoms in total. The zero-order chi connectivity index (χ0) is 15.7. The van der Waals surface area contributed by atoms with E-state index in [1.165, 1.54) is 0 Å². The van der Waals surface area contributed by atoms with Gasteiger partial charge in [0.2, 0.25) is 0 Å². The maximum Gasteiger partial charge on any atom is 0.469 e. The van der Waals surface area contributed by atoms with Crippen LogP contribution in [0, 0.1) is 0 Å². The highest BCUT2D eigenvalue weighted by molar-refractivity contribution is 6.47. The molecule has 116 valence electrons. The van der Waals surface area contributed by atoms with Crippen LogP contribution in [0.5, 0.6) is 0 Å². The van der Waals surface area contributed by atoms with Gasteiger partial charge in [-0.15, -0.1) is 0 Å². The van der Waals surface area contributed by atoms with Crippen LogP contribution < -0.4 is 0 Å². The molecule has 2 rings (SSSR count). The molecule has 1 fully saturated rings. The Hall–Kier alpha value is -1.27. The Kier molecular flexibility index (Phi) is 4.49. The first-order valence-corrected chi connectivity index (χ1v) is 7.31. The van der Waals surface area contributed by atoms with Gasteiger partial charge in [0, 0.05) is 0 Å². The molecule has 21 heavy (non-hydrogen) atoms. The van der Waals surface area contributed by atoms with Crippen LogP contribution in [0.1, 0.15) is 52.6 Å². The second-order valence-electron chi connectivity index (χ2n) is 6.26. The summed E-state index contributed by atoms with van der Waals surface area (Å²) in [7, 11) is -0.537. The van der Waals surface area contributed by atoms with E-state index in [1.54, 1.807) is 19.3 Å². The van der Waals surface area contributed by atoms with Gasteiger partial charge in [0.25, 0.3) is 0 Å². The summed E-state index contributed by atoms with van der Waals surface area (Å²) in [5.74, 6) is 0.0651. The molecule has 1 aliphatic rings. The lowest BCUT2D eigenvalue weighted by Gasteiger charge is -2.32. The van der Waals surface area contributed by atoms with Gasteiger partial charge in [-0.3, -0.25) is 4.79 Å². The van der Waals surface area contributed by atoms with Crippen molar-refractivity contribution in [3.8, 4) is 0 Å². The first kappa shape index (κ1) is 16.1. The Morgan fingerprint density at radius 3 is 2.38 bits per heavy atom. The summed E-state index contributed by atoms with van der Waals surface area (Å²) in [6.45, 7) is 10.1. The SMILES string of the molecule is CCOC(=O)CC(B1OC(C)(C)C(C)(C)O1)c1ccco1. The van der Waals surface area contributed by atoms with Gasteiger partial charge < -0.3 is 18.5 Å². The van der Waals surface area contributed by atoms with E-state index in [4.69, 9.17) is 18.5 Å². The van der Waals surface area contributed by atoms with Gasteiger partial charge in [0.05, 0.1) is 36.3 Å². The standard InChI is InChI=1S/C15H23BO5/c1-6-18-13(17)10-11(12-8-7-9-19-12)16-20-14(2,3)15(4,5)21-16/h7-9,11H,6,10H2,1-5H3. The smallest absolute Gasteiger partial charge is 0.469 e. The van der Waals surface area contributed by atoms with Crippen LogP contribution in [0.4, 0.5) is 0 Å². The van der Waals surface area contributed by atoms with Crippen LogP contribution in [-0.2, 0) is 18.8 Å². The zero-order valence-electron chi connectivity index (χ0n) is 13.3. The maximum absolute atomic E-state index is 11.9. The average Bonchev–Trinajstić information content (AvgIpc) is 2.94. The lowest BCUT2D eigenvalue weighted by atomic mass is 9.68. The van der Waals surface area contributed by atoms with Crippen molar-refractivity contribution in [3.05, 3.63) is 24.2 Å². The van der Waals surface area contributed by atoms with Crippen molar-refractivity contribution in [2.45, 2.75) is 58.1 Å². The summed E-state index contributed by atoms with van der Waals surface area (Å²) in [5, 5.41) is 0. The number of furan rings is 1. The molecule has 1 atom stereocenters. The molecule has 0 aromatic carbocycles. The third-order valence-corrected chi connectivity index (χ3v) is 4.20. The Labute approximate surface area is 126 Å². The molecule has 0 bridgehead atoms. The van der Waals surface area contributed by atoms with Crippen molar-refractivity contribution < 1.29 is 23.3 Å². The summed E-state index contributed by atoms with van der Waals surface area (Å²) >= 11 is 0. The number of ether oxygens (including phenoxy) is 1. The van der Waals surface area contributed by atoms with Gasteiger partial charge >= 0.3 is 13.1 Å². The molecule has 0 aliphatic carbocycles. The maximum atomic E-state index is 11.9. The number of esters is 1. The number of rotatable bonds is 5. The Bertz CT molecular complexity index is 464. The minimum Gasteiger partial charge on any atom is -0.470 e. The molecule has 0 spiro atoms. The van der Waals surface area contributed by atoms with Crippen molar-refractivity contribution in [1.82, 2.24) is 0 Å². The monoisotopic (exact) mass is 294 g/mol. The van der Waals surface area contributed by atoms with Crippen LogP contribution in [0.3, 0.4) is 0 Å². The van der Waals surface area contributed by atoms with Crippen molar-refractivity contribution in [2.24, 2.45) is 0 Å². The highest BCUT2D eigenvalue weighted by Crippen LogP contribution is 2.41. The van der Waals surface area contributed by atoms with Crippen molar-refractivity contribution in [3.63, 3.8) is 0 Å². The second kappa shape index (κ2) is 5.85. The van der Waals surface area contributed by atoms with Crippen LogP contribution in [-0.4, -0.2) is 30.9 Å².